The first kappa shape index (κ1) is 17.2. The van der Waals surface area contributed by atoms with E-state index in [0.29, 0.717) is 23.5 Å². The molecular formula is C21H17N3O2. The summed E-state index contributed by atoms with van der Waals surface area (Å²) in [5.74, 6) is 1.39. The Balaban J connectivity index is 1.62. The summed E-state index contributed by atoms with van der Waals surface area (Å²) in [6, 6.07) is 16.2. The summed E-state index contributed by atoms with van der Waals surface area (Å²) in [4.78, 5) is 16.5. The Morgan fingerprint density at radius 1 is 1.27 bits per heavy atom. The molecule has 2 aromatic carbocycles. The van der Waals surface area contributed by atoms with Gasteiger partial charge in [0.2, 0.25) is 0 Å². The number of ketones is 1. The summed E-state index contributed by atoms with van der Waals surface area (Å²) in [5, 5.41) is 8.90. The number of carbonyl (C=O) groups is 1. The van der Waals surface area contributed by atoms with E-state index in [1.54, 1.807) is 54.7 Å². The maximum Gasteiger partial charge on any atom is 0.185 e. The number of aryl methyl sites for hydroxylation is 1. The molecule has 0 saturated carbocycles. The zero-order valence-corrected chi connectivity index (χ0v) is 14.3. The fraction of sp³-hybridized carbons (Fsp3) is 0.0952. The number of carbonyl (C=O) groups excluding carboxylic acids is 1. The van der Waals surface area contributed by atoms with Gasteiger partial charge in [0.15, 0.2) is 5.78 Å². The molecule has 0 bridgehead atoms. The Bertz CT molecular complexity index is 979. The number of hydrogen-bond donors (Lipinski definition) is 0. The molecule has 0 amide bonds. The van der Waals surface area contributed by atoms with Gasteiger partial charge in [-0.1, -0.05) is 18.2 Å². The molecule has 0 aliphatic heterocycles. The first-order chi connectivity index (χ1) is 12.7. The number of aromatic nitrogens is 2. The van der Waals surface area contributed by atoms with Gasteiger partial charge in [-0.2, -0.15) is 5.26 Å². The van der Waals surface area contributed by atoms with E-state index in [1.165, 1.54) is 6.08 Å². The van der Waals surface area contributed by atoms with Crippen LogP contribution in [0.1, 0.15) is 27.3 Å². The van der Waals surface area contributed by atoms with Crippen molar-refractivity contribution in [2.75, 3.05) is 0 Å². The van der Waals surface area contributed by atoms with E-state index < -0.39 is 0 Å². The van der Waals surface area contributed by atoms with Crippen LogP contribution in [-0.4, -0.2) is 15.3 Å². The van der Waals surface area contributed by atoms with Crippen LogP contribution in [0, 0.1) is 11.3 Å². The first-order valence-corrected chi connectivity index (χ1v) is 8.07. The lowest BCUT2D eigenvalue weighted by Crippen LogP contribution is -2.03. The second-order valence-corrected chi connectivity index (χ2v) is 5.70. The van der Waals surface area contributed by atoms with Gasteiger partial charge in [-0.05, 0) is 48.0 Å². The molecule has 1 heterocycles. The number of nitrogens with zero attached hydrogens (tertiary/aromatic N) is 3. The second-order valence-electron chi connectivity index (χ2n) is 5.70. The maximum atomic E-state index is 12.3. The molecule has 3 aromatic rings. The number of allylic oxidation sites excluding steroid dienone is 1. The molecule has 0 N–H and O–H groups in total. The second kappa shape index (κ2) is 7.95. The van der Waals surface area contributed by atoms with Crippen molar-refractivity contribution in [2.24, 2.45) is 7.05 Å². The zero-order chi connectivity index (χ0) is 18.4. The Kier molecular flexibility index (Phi) is 5.25. The third kappa shape index (κ3) is 4.25. The van der Waals surface area contributed by atoms with Crippen molar-refractivity contribution in [2.45, 2.75) is 6.61 Å². The molecule has 3 rings (SSSR count). The van der Waals surface area contributed by atoms with Gasteiger partial charge in [0.05, 0.1) is 11.6 Å². The Labute approximate surface area is 151 Å². The lowest BCUT2D eigenvalue weighted by molar-refractivity contribution is 0.104. The van der Waals surface area contributed by atoms with Crippen molar-refractivity contribution in [3.63, 3.8) is 0 Å². The molecule has 0 spiro atoms. The highest BCUT2D eigenvalue weighted by Gasteiger charge is 2.04. The average molecular weight is 343 g/mol. The van der Waals surface area contributed by atoms with Crippen LogP contribution in [0.4, 0.5) is 0 Å². The highest BCUT2D eigenvalue weighted by Crippen LogP contribution is 2.15. The fourth-order valence-electron chi connectivity index (χ4n) is 2.38. The Hall–Kier alpha value is -3.65. The van der Waals surface area contributed by atoms with Gasteiger partial charge in [-0.25, -0.2) is 4.98 Å². The predicted octanol–water partition coefficient (Wildman–Crippen LogP) is 3.77. The molecule has 0 aliphatic rings. The van der Waals surface area contributed by atoms with Crippen LogP contribution >= 0.6 is 0 Å². The monoisotopic (exact) mass is 343 g/mol. The molecule has 0 aliphatic carbocycles. The average Bonchev–Trinajstić information content (AvgIpc) is 3.10. The van der Waals surface area contributed by atoms with Gasteiger partial charge in [0.1, 0.15) is 18.2 Å². The summed E-state index contributed by atoms with van der Waals surface area (Å²) >= 11 is 0. The Morgan fingerprint density at radius 3 is 2.77 bits per heavy atom. The maximum absolute atomic E-state index is 12.3. The SMILES string of the molecule is Cn1ccnc1COc1ccc(C(=O)/C=C\c2cccc(C#N)c2)cc1. The number of hydrogen-bond acceptors (Lipinski definition) is 4. The van der Waals surface area contributed by atoms with E-state index in [1.807, 2.05) is 23.9 Å². The van der Waals surface area contributed by atoms with Crippen LogP contribution in [0.5, 0.6) is 5.75 Å². The van der Waals surface area contributed by atoms with Crippen LogP contribution in [0.15, 0.2) is 67.0 Å². The Morgan fingerprint density at radius 2 is 2.08 bits per heavy atom. The van der Waals surface area contributed by atoms with Gasteiger partial charge in [0.25, 0.3) is 0 Å². The van der Waals surface area contributed by atoms with Gasteiger partial charge in [0, 0.05) is 25.0 Å². The number of rotatable bonds is 6. The lowest BCUT2D eigenvalue weighted by atomic mass is 10.1. The highest BCUT2D eigenvalue weighted by molar-refractivity contribution is 6.06. The van der Waals surface area contributed by atoms with Crippen molar-refractivity contribution in [3.05, 3.63) is 89.5 Å². The molecule has 128 valence electrons. The van der Waals surface area contributed by atoms with E-state index >= 15 is 0 Å². The van der Waals surface area contributed by atoms with Crippen molar-refractivity contribution in [1.29, 1.82) is 5.26 Å². The summed E-state index contributed by atoms with van der Waals surface area (Å²) in [5.41, 5.74) is 1.95. The minimum Gasteiger partial charge on any atom is -0.486 e. The highest BCUT2D eigenvalue weighted by atomic mass is 16.5. The zero-order valence-electron chi connectivity index (χ0n) is 14.3. The number of benzene rings is 2. The molecule has 26 heavy (non-hydrogen) atoms. The number of ether oxygens (including phenoxy) is 1. The normalized spacial score (nSPS) is 10.6. The van der Waals surface area contributed by atoms with Crippen molar-refractivity contribution in [3.8, 4) is 11.8 Å². The van der Waals surface area contributed by atoms with Gasteiger partial charge in [-0.15, -0.1) is 0 Å². The summed E-state index contributed by atoms with van der Waals surface area (Å²) in [6.45, 7) is 0.367. The van der Waals surface area contributed by atoms with E-state index in [-0.39, 0.29) is 5.78 Å². The quantitative estimate of drug-likeness (QED) is 0.505. The fourth-order valence-corrected chi connectivity index (χ4v) is 2.38. The van der Waals surface area contributed by atoms with Crippen LogP contribution < -0.4 is 4.74 Å². The molecule has 0 radical (unpaired) electrons. The first-order valence-electron chi connectivity index (χ1n) is 8.07. The third-order valence-electron chi connectivity index (χ3n) is 3.87. The summed E-state index contributed by atoms with van der Waals surface area (Å²) < 4.78 is 7.57. The van der Waals surface area contributed by atoms with Crippen LogP contribution in [0.25, 0.3) is 6.08 Å². The van der Waals surface area contributed by atoms with Crippen molar-refractivity contribution >= 4 is 11.9 Å². The topological polar surface area (TPSA) is 67.9 Å². The smallest absolute Gasteiger partial charge is 0.185 e. The minimum absolute atomic E-state index is 0.108. The lowest BCUT2D eigenvalue weighted by Gasteiger charge is -2.06. The minimum atomic E-state index is -0.108. The molecular weight excluding hydrogens is 326 g/mol. The van der Waals surface area contributed by atoms with E-state index in [4.69, 9.17) is 10.00 Å². The largest absolute Gasteiger partial charge is 0.486 e. The van der Waals surface area contributed by atoms with Gasteiger partial charge >= 0.3 is 0 Å². The molecule has 1 aromatic heterocycles. The molecule has 0 unspecified atom stereocenters. The molecule has 0 atom stereocenters. The van der Waals surface area contributed by atoms with E-state index in [9.17, 15) is 4.79 Å². The predicted molar refractivity (Wildman–Crippen MR) is 98.5 cm³/mol. The van der Waals surface area contributed by atoms with Crippen LogP contribution in [-0.2, 0) is 13.7 Å². The molecule has 0 fully saturated rings. The molecule has 0 saturated heterocycles. The van der Waals surface area contributed by atoms with E-state index in [0.717, 1.165) is 11.4 Å². The summed E-state index contributed by atoms with van der Waals surface area (Å²) in [6.07, 6.45) is 6.78. The number of nitriles is 1. The van der Waals surface area contributed by atoms with Crippen molar-refractivity contribution < 1.29 is 9.53 Å². The summed E-state index contributed by atoms with van der Waals surface area (Å²) in [7, 11) is 1.91. The number of imidazole rings is 1. The molecule has 5 heteroatoms. The van der Waals surface area contributed by atoms with Gasteiger partial charge < -0.3 is 9.30 Å². The van der Waals surface area contributed by atoms with Gasteiger partial charge in [-0.3, -0.25) is 4.79 Å². The third-order valence-corrected chi connectivity index (χ3v) is 3.87. The molecule has 5 nitrogen and oxygen atoms in total. The van der Waals surface area contributed by atoms with Crippen molar-refractivity contribution in [1.82, 2.24) is 9.55 Å². The van der Waals surface area contributed by atoms with Crippen LogP contribution in [0.3, 0.4) is 0 Å². The van der Waals surface area contributed by atoms with E-state index in [2.05, 4.69) is 11.1 Å². The van der Waals surface area contributed by atoms with Crippen LogP contribution in [0.2, 0.25) is 0 Å². The standard InChI is InChI=1S/C21H17N3O2/c1-24-12-11-23-21(24)15-26-19-8-6-18(7-9-19)20(25)10-5-16-3-2-4-17(13-16)14-22/h2-13H,15H2,1H3/b10-5-.